The number of ether oxygens (including phenoxy) is 1. The van der Waals surface area contributed by atoms with E-state index in [4.69, 9.17) is 4.74 Å². The molecule has 0 N–H and O–H groups in total. The van der Waals surface area contributed by atoms with E-state index in [-0.39, 0.29) is 11.4 Å². The number of rotatable bonds is 9. The molecule has 1 aliphatic rings. The second kappa shape index (κ2) is 8.48. The summed E-state index contributed by atoms with van der Waals surface area (Å²) in [4.78, 5) is 3.23. The smallest absolute Gasteiger partial charge is 0.0969 e. The SMILES string of the molecule is CSCCCN(C)CC(C1CO1)S(=O)c1cccc2ccccc12. The molecule has 0 aliphatic carbocycles. The van der Waals surface area contributed by atoms with Crippen molar-refractivity contribution < 1.29 is 8.95 Å². The first-order valence-corrected chi connectivity index (χ1v) is 11.0. The van der Waals surface area contributed by atoms with Crippen LogP contribution in [0.4, 0.5) is 0 Å². The number of hydrogen-bond donors (Lipinski definition) is 0. The lowest BCUT2D eigenvalue weighted by Crippen LogP contribution is -2.36. The van der Waals surface area contributed by atoms with E-state index in [0.29, 0.717) is 0 Å². The lowest BCUT2D eigenvalue weighted by Gasteiger charge is -2.23. The maximum Gasteiger partial charge on any atom is 0.0969 e. The van der Waals surface area contributed by atoms with Crippen LogP contribution in [0.25, 0.3) is 10.8 Å². The standard InChI is InChI=1S/C19H25NO2S2/c1-20(11-6-12-23-2)13-19(17-14-22-17)24(21)18-10-5-8-15-7-3-4-9-16(15)18/h3-5,7-10,17,19H,6,11-14H2,1-2H3. The van der Waals surface area contributed by atoms with Gasteiger partial charge in [0.1, 0.15) is 0 Å². The van der Waals surface area contributed by atoms with Gasteiger partial charge in [-0.1, -0.05) is 36.4 Å². The summed E-state index contributed by atoms with van der Waals surface area (Å²) < 4.78 is 18.8. The van der Waals surface area contributed by atoms with Gasteiger partial charge in [0.15, 0.2) is 0 Å². The van der Waals surface area contributed by atoms with Gasteiger partial charge in [-0.15, -0.1) is 0 Å². The van der Waals surface area contributed by atoms with Gasteiger partial charge in [0.2, 0.25) is 0 Å². The molecule has 2 aromatic carbocycles. The van der Waals surface area contributed by atoms with Crippen molar-refractivity contribution in [3.05, 3.63) is 42.5 Å². The van der Waals surface area contributed by atoms with E-state index in [2.05, 4.69) is 36.4 Å². The fourth-order valence-corrected chi connectivity index (χ4v) is 5.19. The number of epoxide rings is 1. The third-order valence-electron chi connectivity index (χ3n) is 4.40. The highest BCUT2D eigenvalue weighted by atomic mass is 32.2. The fourth-order valence-electron chi connectivity index (χ4n) is 3.00. The summed E-state index contributed by atoms with van der Waals surface area (Å²) in [6.07, 6.45) is 3.43. The number of hydrogen-bond acceptors (Lipinski definition) is 4. The highest BCUT2D eigenvalue weighted by molar-refractivity contribution is 7.98. The van der Waals surface area contributed by atoms with Crippen molar-refractivity contribution in [3.63, 3.8) is 0 Å². The number of nitrogens with zero attached hydrogens (tertiary/aromatic N) is 1. The van der Waals surface area contributed by atoms with E-state index in [9.17, 15) is 4.21 Å². The van der Waals surface area contributed by atoms with Crippen molar-refractivity contribution >= 4 is 33.3 Å². The highest BCUT2D eigenvalue weighted by Gasteiger charge is 2.38. The van der Waals surface area contributed by atoms with E-state index in [0.717, 1.165) is 41.8 Å². The monoisotopic (exact) mass is 363 g/mol. The predicted molar refractivity (Wildman–Crippen MR) is 104 cm³/mol. The summed E-state index contributed by atoms with van der Waals surface area (Å²) in [5, 5.41) is 2.27. The summed E-state index contributed by atoms with van der Waals surface area (Å²) in [5.41, 5.74) is 0. The van der Waals surface area contributed by atoms with Crippen molar-refractivity contribution in [2.45, 2.75) is 22.7 Å². The molecule has 0 saturated carbocycles. The Morgan fingerprint density at radius 3 is 2.79 bits per heavy atom. The Hall–Kier alpha value is -0.880. The van der Waals surface area contributed by atoms with Crippen molar-refractivity contribution in [1.29, 1.82) is 0 Å². The van der Waals surface area contributed by atoms with Gasteiger partial charge in [0.25, 0.3) is 0 Å². The molecular weight excluding hydrogens is 338 g/mol. The Balaban J connectivity index is 1.77. The Labute approximate surface area is 151 Å². The molecule has 0 aromatic heterocycles. The molecule has 130 valence electrons. The third-order valence-corrected chi connectivity index (χ3v) is 6.88. The number of thioether (sulfide) groups is 1. The van der Waals surface area contributed by atoms with Crippen LogP contribution in [0, 0.1) is 0 Å². The normalized spacial score (nSPS) is 19.5. The van der Waals surface area contributed by atoms with E-state index in [1.807, 2.05) is 36.0 Å². The molecule has 3 atom stereocenters. The average molecular weight is 364 g/mol. The van der Waals surface area contributed by atoms with Crippen LogP contribution in [0.1, 0.15) is 6.42 Å². The van der Waals surface area contributed by atoms with Gasteiger partial charge < -0.3 is 9.64 Å². The van der Waals surface area contributed by atoms with Gasteiger partial charge in [-0.2, -0.15) is 11.8 Å². The van der Waals surface area contributed by atoms with Gasteiger partial charge in [-0.25, -0.2) is 0 Å². The molecule has 3 nitrogen and oxygen atoms in total. The largest absolute Gasteiger partial charge is 0.372 e. The lowest BCUT2D eigenvalue weighted by atomic mass is 10.1. The molecule has 3 rings (SSSR count). The molecule has 0 spiro atoms. The molecule has 0 radical (unpaired) electrons. The first-order valence-electron chi connectivity index (χ1n) is 8.38. The second-order valence-electron chi connectivity index (χ2n) is 6.29. The quantitative estimate of drug-likeness (QED) is 0.505. The summed E-state index contributed by atoms with van der Waals surface area (Å²) in [6.45, 7) is 2.59. The minimum atomic E-state index is -1.06. The van der Waals surface area contributed by atoms with Gasteiger partial charge in [0, 0.05) is 11.4 Å². The molecule has 24 heavy (non-hydrogen) atoms. The summed E-state index contributed by atoms with van der Waals surface area (Å²) in [6, 6.07) is 14.3. The Kier molecular flexibility index (Phi) is 6.33. The Morgan fingerprint density at radius 1 is 1.29 bits per heavy atom. The zero-order valence-corrected chi connectivity index (χ0v) is 15.9. The van der Waals surface area contributed by atoms with Crippen LogP contribution in [-0.4, -0.2) is 59.2 Å². The van der Waals surface area contributed by atoms with Gasteiger partial charge in [-0.05, 0) is 48.9 Å². The van der Waals surface area contributed by atoms with Crippen molar-refractivity contribution in [2.75, 3.05) is 38.8 Å². The van der Waals surface area contributed by atoms with Crippen LogP contribution in [-0.2, 0) is 15.5 Å². The van der Waals surface area contributed by atoms with Crippen molar-refractivity contribution in [1.82, 2.24) is 4.90 Å². The molecule has 5 heteroatoms. The maximum absolute atomic E-state index is 13.3. The molecule has 3 unspecified atom stereocenters. The molecule has 1 saturated heterocycles. The summed E-state index contributed by atoms with van der Waals surface area (Å²) >= 11 is 1.87. The first kappa shape index (κ1) is 17.9. The molecule has 1 heterocycles. The fraction of sp³-hybridized carbons (Fsp3) is 0.474. The maximum atomic E-state index is 13.3. The van der Waals surface area contributed by atoms with E-state index in [1.165, 1.54) is 5.75 Å². The molecular formula is C19H25NO2S2. The summed E-state index contributed by atoms with van der Waals surface area (Å²) in [7, 11) is 1.06. The zero-order chi connectivity index (χ0) is 16.9. The number of benzene rings is 2. The predicted octanol–water partition coefficient (Wildman–Crippen LogP) is 3.40. The third kappa shape index (κ3) is 4.39. The van der Waals surface area contributed by atoms with Crippen LogP contribution in [0.3, 0.4) is 0 Å². The van der Waals surface area contributed by atoms with Crippen LogP contribution in [0.5, 0.6) is 0 Å². The number of fused-ring (bicyclic) bond motifs is 1. The Bertz CT molecular complexity index is 697. The first-order chi connectivity index (χ1) is 11.7. The Morgan fingerprint density at radius 2 is 2.04 bits per heavy atom. The van der Waals surface area contributed by atoms with Gasteiger partial charge in [0.05, 0.1) is 28.8 Å². The molecule has 1 fully saturated rings. The van der Waals surface area contributed by atoms with Crippen LogP contribution in [0.2, 0.25) is 0 Å². The van der Waals surface area contributed by atoms with E-state index < -0.39 is 10.8 Å². The van der Waals surface area contributed by atoms with E-state index >= 15 is 0 Å². The second-order valence-corrected chi connectivity index (χ2v) is 8.92. The molecule has 1 aliphatic heterocycles. The van der Waals surface area contributed by atoms with Crippen LogP contribution >= 0.6 is 11.8 Å². The van der Waals surface area contributed by atoms with Gasteiger partial charge >= 0.3 is 0 Å². The average Bonchev–Trinajstić information content (AvgIpc) is 3.44. The van der Waals surface area contributed by atoms with E-state index in [1.54, 1.807) is 0 Å². The molecule has 0 bridgehead atoms. The topological polar surface area (TPSA) is 32.8 Å². The minimum Gasteiger partial charge on any atom is -0.372 e. The lowest BCUT2D eigenvalue weighted by molar-refractivity contribution is 0.306. The highest BCUT2D eigenvalue weighted by Crippen LogP contribution is 2.28. The minimum absolute atomic E-state index is 0.0371. The van der Waals surface area contributed by atoms with Gasteiger partial charge in [-0.3, -0.25) is 4.21 Å². The van der Waals surface area contributed by atoms with Crippen LogP contribution in [0.15, 0.2) is 47.4 Å². The molecule has 2 aromatic rings. The summed E-state index contributed by atoms with van der Waals surface area (Å²) in [5.74, 6) is 1.17. The van der Waals surface area contributed by atoms with Crippen molar-refractivity contribution in [3.8, 4) is 0 Å². The zero-order valence-electron chi connectivity index (χ0n) is 14.3. The van der Waals surface area contributed by atoms with Crippen molar-refractivity contribution in [2.24, 2.45) is 0 Å². The molecule has 0 amide bonds. The van der Waals surface area contributed by atoms with Crippen LogP contribution < -0.4 is 0 Å².